The Morgan fingerprint density at radius 3 is 3.00 bits per heavy atom. The molecule has 1 saturated heterocycles. The summed E-state index contributed by atoms with van der Waals surface area (Å²) >= 11 is 0. The maximum Gasteiger partial charge on any atom is 0.410 e. The van der Waals surface area contributed by atoms with Crippen molar-refractivity contribution in [2.45, 2.75) is 25.5 Å². The average molecular weight is 288 g/mol. The molecule has 1 fully saturated rings. The van der Waals surface area contributed by atoms with Crippen LogP contribution in [0, 0.1) is 11.3 Å². The van der Waals surface area contributed by atoms with Crippen LogP contribution in [0.2, 0.25) is 0 Å². The molecule has 1 atom stereocenters. The number of carbonyl (C=O) groups is 2. The molecule has 0 radical (unpaired) electrons. The number of hydrogen-bond donors (Lipinski definition) is 0. The van der Waals surface area contributed by atoms with Gasteiger partial charge in [-0.25, -0.2) is 9.59 Å². The van der Waals surface area contributed by atoms with Crippen LogP contribution >= 0.6 is 0 Å². The third-order valence-electron chi connectivity index (χ3n) is 3.37. The summed E-state index contributed by atoms with van der Waals surface area (Å²) in [6, 6.07) is 8.30. The first-order valence-electron chi connectivity index (χ1n) is 6.66. The number of rotatable bonds is 3. The highest BCUT2D eigenvalue weighted by molar-refractivity contribution is 5.82. The summed E-state index contributed by atoms with van der Waals surface area (Å²) in [5, 5.41) is 8.82. The first kappa shape index (κ1) is 14.9. The molecule has 1 aromatic carbocycles. The molecule has 6 heteroatoms. The van der Waals surface area contributed by atoms with Crippen molar-refractivity contribution >= 4 is 12.1 Å². The van der Waals surface area contributed by atoms with Crippen molar-refractivity contribution in [1.82, 2.24) is 4.90 Å². The van der Waals surface area contributed by atoms with Crippen LogP contribution in [-0.4, -0.2) is 36.7 Å². The Balaban J connectivity index is 1.95. The lowest BCUT2D eigenvalue weighted by Crippen LogP contribution is -2.41. The molecule has 2 rings (SSSR count). The molecule has 1 heterocycles. The molecule has 0 spiro atoms. The normalized spacial score (nSPS) is 17.1. The lowest BCUT2D eigenvalue weighted by molar-refractivity contribution is -0.149. The number of benzene rings is 1. The van der Waals surface area contributed by atoms with Crippen molar-refractivity contribution in [3.8, 4) is 6.07 Å². The van der Waals surface area contributed by atoms with Gasteiger partial charge in [-0.1, -0.05) is 12.1 Å². The zero-order chi connectivity index (χ0) is 15.2. The molecular weight excluding hydrogens is 272 g/mol. The van der Waals surface area contributed by atoms with Crippen LogP contribution in [0.5, 0.6) is 0 Å². The summed E-state index contributed by atoms with van der Waals surface area (Å²) in [5.74, 6) is -0.444. The minimum Gasteiger partial charge on any atom is -0.459 e. The van der Waals surface area contributed by atoms with Gasteiger partial charge in [-0.3, -0.25) is 4.90 Å². The van der Waals surface area contributed by atoms with Gasteiger partial charge in [-0.15, -0.1) is 0 Å². The quantitative estimate of drug-likeness (QED) is 0.793. The average Bonchev–Trinajstić information content (AvgIpc) is 3.01. The SMILES string of the molecule is COC(=O)N1CCC[C@H]1C(=O)OCc1cccc(C#N)c1. The predicted molar refractivity (Wildman–Crippen MR) is 73.1 cm³/mol. The van der Waals surface area contributed by atoms with Crippen molar-refractivity contribution in [3.05, 3.63) is 35.4 Å². The minimum atomic E-state index is -0.586. The molecule has 1 amide bonds. The zero-order valence-electron chi connectivity index (χ0n) is 11.7. The molecule has 0 aliphatic carbocycles. The zero-order valence-corrected chi connectivity index (χ0v) is 11.7. The van der Waals surface area contributed by atoms with Crippen LogP contribution in [0.4, 0.5) is 4.79 Å². The first-order valence-corrected chi connectivity index (χ1v) is 6.66. The molecular formula is C15H16N2O4. The van der Waals surface area contributed by atoms with Gasteiger partial charge >= 0.3 is 12.1 Å². The van der Waals surface area contributed by atoms with Crippen molar-refractivity contribution < 1.29 is 19.1 Å². The van der Waals surface area contributed by atoms with Gasteiger partial charge in [0.1, 0.15) is 12.6 Å². The third kappa shape index (κ3) is 3.51. The maximum absolute atomic E-state index is 12.1. The summed E-state index contributed by atoms with van der Waals surface area (Å²) in [6.45, 7) is 0.580. The Bertz CT molecular complexity index is 579. The second kappa shape index (κ2) is 6.75. The number of amides is 1. The largest absolute Gasteiger partial charge is 0.459 e. The van der Waals surface area contributed by atoms with Crippen molar-refractivity contribution in [2.75, 3.05) is 13.7 Å². The van der Waals surface area contributed by atoms with Crippen molar-refractivity contribution in [1.29, 1.82) is 5.26 Å². The highest BCUT2D eigenvalue weighted by Crippen LogP contribution is 2.20. The predicted octanol–water partition coefficient (Wildman–Crippen LogP) is 1.83. The van der Waals surface area contributed by atoms with Gasteiger partial charge < -0.3 is 9.47 Å². The molecule has 110 valence electrons. The summed E-state index contributed by atoms with van der Waals surface area (Å²) < 4.78 is 9.89. The van der Waals surface area contributed by atoms with Crippen LogP contribution < -0.4 is 0 Å². The molecule has 1 aliphatic rings. The van der Waals surface area contributed by atoms with Crippen LogP contribution in [-0.2, 0) is 20.9 Å². The fourth-order valence-electron chi connectivity index (χ4n) is 2.33. The molecule has 21 heavy (non-hydrogen) atoms. The summed E-state index contributed by atoms with van der Waals surface area (Å²) in [7, 11) is 1.29. The third-order valence-corrected chi connectivity index (χ3v) is 3.37. The molecule has 1 aromatic rings. The number of esters is 1. The summed E-state index contributed by atoms with van der Waals surface area (Å²) in [5.41, 5.74) is 1.26. The topological polar surface area (TPSA) is 79.6 Å². The Labute approximate surface area is 122 Å². The number of likely N-dealkylation sites (tertiary alicyclic amines) is 1. The monoisotopic (exact) mass is 288 g/mol. The molecule has 0 aromatic heterocycles. The van der Waals surface area contributed by atoms with Crippen LogP contribution in [0.25, 0.3) is 0 Å². The van der Waals surface area contributed by atoms with E-state index in [-0.39, 0.29) is 6.61 Å². The lowest BCUT2D eigenvalue weighted by atomic mass is 10.1. The molecule has 1 aliphatic heterocycles. The lowest BCUT2D eigenvalue weighted by Gasteiger charge is -2.21. The summed E-state index contributed by atoms with van der Waals surface area (Å²) in [4.78, 5) is 25.0. The highest BCUT2D eigenvalue weighted by atomic mass is 16.6. The second-order valence-electron chi connectivity index (χ2n) is 4.74. The number of nitrogens with zero attached hydrogens (tertiary/aromatic N) is 2. The van der Waals surface area contributed by atoms with Gasteiger partial charge in [-0.2, -0.15) is 5.26 Å². The fraction of sp³-hybridized carbons (Fsp3) is 0.400. The van der Waals surface area contributed by atoms with Gasteiger partial charge in [-0.05, 0) is 30.5 Å². The maximum atomic E-state index is 12.1. The van der Waals surface area contributed by atoms with Gasteiger partial charge in [0.05, 0.1) is 18.7 Å². The van der Waals surface area contributed by atoms with Crippen LogP contribution in [0.3, 0.4) is 0 Å². The van der Waals surface area contributed by atoms with Crippen LogP contribution in [0.1, 0.15) is 24.0 Å². The van der Waals surface area contributed by atoms with E-state index >= 15 is 0 Å². The standard InChI is InChI=1S/C15H16N2O4/c1-20-15(19)17-7-3-6-13(17)14(18)21-10-12-5-2-4-11(8-12)9-16/h2,4-5,8,13H,3,6-7,10H2,1H3/t13-/m0/s1. The molecule has 0 unspecified atom stereocenters. The number of nitriles is 1. The van der Waals surface area contributed by atoms with E-state index in [1.54, 1.807) is 24.3 Å². The molecule has 6 nitrogen and oxygen atoms in total. The van der Waals surface area contributed by atoms with E-state index in [2.05, 4.69) is 4.74 Å². The number of hydrogen-bond acceptors (Lipinski definition) is 5. The Morgan fingerprint density at radius 1 is 1.48 bits per heavy atom. The van der Waals surface area contributed by atoms with E-state index in [1.165, 1.54) is 12.0 Å². The molecule has 0 saturated carbocycles. The number of carbonyl (C=O) groups excluding carboxylic acids is 2. The number of methoxy groups -OCH3 is 1. The van der Waals surface area contributed by atoms with Gasteiger partial charge in [0.2, 0.25) is 0 Å². The van der Waals surface area contributed by atoms with E-state index in [9.17, 15) is 9.59 Å². The first-order chi connectivity index (χ1) is 10.2. The Kier molecular flexibility index (Phi) is 4.77. The van der Waals surface area contributed by atoms with E-state index in [0.29, 0.717) is 18.5 Å². The van der Waals surface area contributed by atoms with E-state index < -0.39 is 18.1 Å². The summed E-state index contributed by atoms with van der Waals surface area (Å²) in [6.07, 6.45) is 0.811. The van der Waals surface area contributed by atoms with E-state index in [1.807, 2.05) is 6.07 Å². The van der Waals surface area contributed by atoms with Crippen molar-refractivity contribution in [2.24, 2.45) is 0 Å². The molecule has 0 bridgehead atoms. The van der Waals surface area contributed by atoms with Crippen molar-refractivity contribution in [3.63, 3.8) is 0 Å². The fourth-order valence-corrected chi connectivity index (χ4v) is 2.33. The molecule has 0 N–H and O–H groups in total. The Morgan fingerprint density at radius 2 is 2.29 bits per heavy atom. The number of ether oxygens (including phenoxy) is 2. The minimum absolute atomic E-state index is 0.0832. The second-order valence-corrected chi connectivity index (χ2v) is 4.74. The van der Waals surface area contributed by atoms with E-state index in [0.717, 1.165) is 12.0 Å². The van der Waals surface area contributed by atoms with Crippen LogP contribution in [0.15, 0.2) is 24.3 Å². The van der Waals surface area contributed by atoms with Gasteiger partial charge in [0.25, 0.3) is 0 Å². The van der Waals surface area contributed by atoms with Gasteiger partial charge in [0.15, 0.2) is 0 Å². The highest BCUT2D eigenvalue weighted by Gasteiger charge is 2.35. The smallest absolute Gasteiger partial charge is 0.410 e. The Hall–Kier alpha value is -2.55. The van der Waals surface area contributed by atoms with Gasteiger partial charge in [0, 0.05) is 6.54 Å². The van der Waals surface area contributed by atoms with E-state index in [4.69, 9.17) is 10.00 Å².